The Hall–Kier alpha value is -3.69. The number of hydrogen-bond acceptors (Lipinski definition) is 7. The quantitative estimate of drug-likeness (QED) is 0.582. The van der Waals surface area contributed by atoms with Gasteiger partial charge in [-0.3, -0.25) is 9.47 Å². The minimum absolute atomic E-state index is 0.00983. The summed E-state index contributed by atoms with van der Waals surface area (Å²) in [6, 6.07) is 7.03. The van der Waals surface area contributed by atoms with E-state index in [0.29, 0.717) is 18.5 Å². The molecular weight excluding hydrogens is 439 g/mol. The maximum Gasteiger partial charge on any atom is 0.416 e. The van der Waals surface area contributed by atoms with Crippen molar-refractivity contribution < 1.29 is 18.7 Å². The van der Waals surface area contributed by atoms with E-state index in [1.54, 1.807) is 6.07 Å². The fourth-order valence-corrected chi connectivity index (χ4v) is 4.61. The molecule has 6 rings (SSSR count). The lowest BCUT2D eigenvalue weighted by molar-refractivity contribution is 0.174. The summed E-state index contributed by atoms with van der Waals surface area (Å²) in [6.45, 7) is 3.77. The molecule has 1 saturated carbocycles. The second-order valence-corrected chi connectivity index (χ2v) is 9.03. The lowest BCUT2D eigenvalue weighted by Crippen LogP contribution is -2.39. The summed E-state index contributed by atoms with van der Waals surface area (Å²) < 4.78 is 27.2. The van der Waals surface area contributed by atoms with Crippen LogP contribution in [0.4, 0.5) is 21.0 Å². The lowest BCUT2D eigenvalue weighted by Gasteiger charge is -2.23. The third-order valence-corrected chi connectivity index (χ3v) is 6.63. The highest BCUT2D eigenvalue weighted by atomic mass is 19.1. The highest BCUT2D eigenvalue weighted by Crippen LogP contribution is 2.43. The zero-order valence-electron chi connectivity index (χ0n) is 18.9. The molecule has 1 aliphatic carbocycles. The van der Waals surface area contributed by atoms with Crippen LogP contribution in [0.5, 0.6) is 5.75 Å². The Labute approximate surface area is 195 Å². The van der Waals surface area contributed by atoms with Crippen molar-refractivity contribution in [2.45, 2.75) is 57.5 Å². The molecule has 0 spiro atoms. The van der Waals surface area contributed by atoms with Gasteiger partial charge in [-0.1, -0.05) is 6.07 Å². The predicted molar refractivity (Wildman–Crippen MR) is 122 cm³/mol. The molecule has 2 unspecified atom stereocenters. The second-order valence-electron chi connectivity index (χ2n) is 9.03. The Balaban J connectivity index is 1.24. The molecule has 4 heterocycles. The Morgan fingerprint density at radius 1 is 1.18 bits per heavy atom. The van der Waals surface area contributed by atoms with E-state index in [1.165, 1.54) is 36.4 Å². The molecule has 2 aromatic heterocycles. The highest BCUT2D eigenvalue weighted by Gasteiger charge is 2.39. The monoisotopic (exact) mass is 464 g/mol. The number of nitrogens with zero attached hydrogens (tertiary/aromatic N) is 5. The predicted octanol–water partition coefficient (Wildman–Crippen LogP) is 4.29. The van der Waals surface area contributed by atoms with Crippen molar-refractivity contribution in [1.82, 2.24) is 19.5 Å². The fraction of sp³-hybridized carbons (Fsp3) is 0.417. The van der Waals surface area contributed by atoms with Gasteiger partial charge in [-0.2, -0.15) is 4.98 Å². The maximum atomic E-state index is 14.0. The molecule has 3 aromatic rings. The normalized spacial score (nSPS) is 20.7. The fourth-order valence-electron chi connectivity index (χ4n) is 4.61. The molecule has 1 N–H and O–H groups in total. The van der Waals surface area contributed by atoms with Gasteiger partial charge < -0.3 is 14.8 Å². The molecule has 34 heavy (non-hydrogen) atoms. The Bertz CT molecular complexity index is 1260. The largest absolute Gasteiger partial charge is 0.485 e. The number of cyclic esters (lactones) is 1. The average Bonchev–Trinajstić information content (AvgIpc) is 3.47. The van der Waals surface area contributed by atoms with Crippen LogP contribution in [0.3, 0.4) is 0 Å². The standard InChI is InChI=1S/C24H25FN6O3/c1-13(25)18-10-34-24(32)31(18)21-7-8-26-23(29-21)28-14(2)22-19-11-33-20-9-16(15-3-4-15)5-6-17(20)30(19)12-27-22/h5-9,12-15,18H,3-4,10-11H2,1-2H3,(H,26,28,29)/t13?,14?,18-/m1/s1. The second kappa shape index (κ2) is 7.96. The van der Waals surface area contributed by atoms with Crippen LogP contribution in [0.25, 0.3) is 5.69 Å². The zero-order valence-corrected chi connectivity index (χ0v) is 18.9. The molecule has 0 radical (unpaired) electrons. The van der Waals surface area contributed by atoms with E-state index in [0.717, 1.165) is 22.8 Å². The van der Waals surface area contributed by atoms with E-state index < -0.39 is 18.3 Å². The van der Waals surface area contributed by atoms with Gasteiger partial charge in [0, 0.05) is 6.20 Å². The number of halogens is 1. The molecule has 10 heteroatoms. The summed E-state index contributed by atoms with van der Waals surface area (Å²) in [5, 5.41) is 3.25. The number of ether oxygens (including phenoxy) is 2. The van der Waals surface area contributed by atoms with Gasteiger partial charge in [0.05, 0.1) is 23.1 Å². The molecule has 2 aliphatic heterocycles. The van der Waals surface area contributed by atoms with Crippen LogP contribution in [0, 0.1) is 0 Å². The van der Waals surface area contributed by atoms with E-state index in [2.05, 4.69) is 43.0 Å². The number of aromatic nitrogens is 4. The van der Waals surface area contributed by atoms with Gasteiger partial charge in [0.2, 0.25) is 5.95 Å². The Kier molecular flexibility index (Phi) is 4.89. The molecule has 3 aliphatic rings. The SMILES string of the molecule is CC(Nc1nccc(N2C(=O)OC[C@@H]2C(C)F)n1)c1ncn2c1COc1cc(C3CC3)ccc1-2. The number of hydrogen-bond donors (Lipinski definition) is 1. The van der Waals surface area contributed by atoms with Gasteiger partial charge in [-0.25, -0.2) is 19.2 Å². The van der Waals surface area contributed by atoms with Crippen LogP contribution < -0.4 is 15.0 Å². The summed E-state index contributed by atoms with van der Waals surface area (Å²) in [5.74, 6) is 2.14. The average molecular weight is 465 g/mol. The van der Waals surface area contributed by atoms with E-state index in [4.69, 9.17) is 9.47 Å². The van der Waals surface area contributed by atoms with Crippen molar-refractivity contribution in [1.29, 1.82) is 0 Å². The molecule has 0 bridgehead atoms. The van der Waals surface area contributed by atoms with Crippen LogP contribution in [0.1, 0.15) is 55.6 Å². The van der Waals surface area contributed by atoms with Gasteiger partial charge in [-0.15, -0.1) is 0 Å². The summed E-state index contributed by atoms with van der Waals surface area (Å²) in [7, 11) is 0. The number of nitrogens with one attached hydrogen (secondary N) is 1. The molecule has 1 aromatic carbocycles. The summed E-state index contributed by atoms with van der Waals surface area (Å²) >= 11 is 0. The number of alkyl halides is 1. The Morgan fingerprint density at radius 2 is 2.03 bits per heavy atom. The molecule has 9 nitrogen and oxygen atoms in total. The van der Waals surface area contributed by atoms with E-state index in [9.17, 15) is 9.18 Å². The van der Waals surface area contributed by atoms with Crippen molar-refractivity contribution >= 4 is 17.9 Å². The summed E-state index contributed by atoms with van der Waals surface area (Å²) in [5.41, 5.74) is 4.09. The smallest absolute Gasteiger partial charge is 0.416 e. The summed E-state index contributed by atoms with van der Waals surface area (Å²) in [4.78, 5) is 26.8. The van der Waals surface area contributed by atoms with E-state index in [-0.39, 0.29) is 18.5 Å². The first kappa shape index (κ1) is 20.9. The van der Waals surface area contributed by atoms with E-state index >= 15 is 0 Å². The minimum Gasteiger partial charge on any atom is -0.485 e. The first-order chi connectivity index (χ1) is 16.5. The number of carbonyl (C=O) groups excluding carboxylic acids is 1. The van der Waals surface area contributed by atoms with Crippen molar-refractivity contribution in [2.75, 3.05) is 16.8 Å². The molecule has 2 fully saturated rings. The van der Waals surface area contributed by atoms with Gasteiger partial charge >= 0.3 is 6.09 Å². The number of benzene rings is 1. The van der Waals surface area contributed by atoms with Crippen molar-refractivity contribution in [2.24, 2.45) is 0 Å². The minimum atomic E-state index is -1.25. The molecule has 3 atom stereocenters. The molecule has 1 saturated heterocycles. The number of carbonyl (C=O) groups is 1. The number of amides is 1. The number of imidazole rings is 1. The van der Waals surface area contributed by atoms with Crippen LogP contribution in [0.15, 0.2) is 36.8 Å². The Morgan fingerprint density at radius 3 is 2.82 bits per heavy atom. The number of fused-ring (bicyclic) bond motifs is 3. The zero-order chi connectivity index (χ0) is 23.4. The van der Waals surface area contributed by atoms with E-state index in [1.807, 2.05) is 13.3 Å². The third-order valence-electron chi connectivity index (χ3n) is 6.63. The first-order valence-corrected chi connectivity index (χ1v) is 11.5. The van der Waals surface area contributed by atoms with Crippen molar-refractivity contribution in [3.8, 4) is 11.4 Å². The van der Waals surface area contributed by atoms with Crippen LogP contribution in [-0.4, -0.2) is 44.4 Å². The third kappa shape index (κ3) is 3.53. The van der Waals surface area contributed by atoms with Gasteiger partial charge in [0.1, 0.15) is 43.3 Å². The number of rotatable bonds is 6. The van der Waals surface area contributed by atoms with Gasteiger partial charge in [-0.05, 0) is 56.4 Å². The topological polar surface area (TPSA) is 94.4 Å². The molecular formula is C24H25FN6O3. The van der Waals surface area contributed by atoms with Crippen LogP contribution in [-0.2, 0) is 11.3 Å². The lowest BCUT2D eigenvalue weighted by atomic mass is 10.1. The molecule has 176 valence electrons. The van der Waals surface area contributed by atoms with Gasteiger partial charge in [0.25, 0.3) is 0 Å². The highest BCUT2D eigenvalue weighted by molar-refractivity contribution is 5.89. The van der Waals surface area contributed by atoms with Crippen molar-refractivity contribution in [3.05, 3.63) is 53.7 Å². The van der Waals surface area contributed by atoms with Gasteiger partial charge in [0.15, 0.2) is 0 Å². The van der Waals surface area contributed by atoms with Crippen LogP contribution in [0.2, 0.25) is 0 Å². The first-order valence-electron chi connectivity index (χ1n) is 11.5. The van der Waals surface area contributed by atoms with Crippen LogP contribution >= 0.6 is 0 Å². The number of anilines is 2. The maximum absolute atomic E-state index is 14.0. The molecule has 1 amide bonds. The van der Waals surface area contributed by atoms with Crippen molar-refractivity contribution in [3.63, 3.8) is 0 Å². The summed E-state index contributed by atoms with van der Waals surface area (Å²) in [6.07, 6.45) is 3.97.